The molecule has 1 N–H and O–H groups in total. The van der Waals surface area contributed by atoms with E-state index in [1.807, 2.05) is 6.07 Å². The number of halogens is 3. The predicted octanol–water partition coefficient (Wildman–Crippen LogP) is 3.02. The lowest BCUT2D eigenvalue weighted by Gasteiger charge is -2.42. The van der Waals surface area contributed by atoms with Crippen molar-refractivity contribution in [1.29, 1.82) is 5.26 Å². The second-order valence-corrected chi connectivity index (χ2v) is 7.40. The first-order valence-electron chi connectivity index (χ1n) is 8.91. The second kappa shape index (κ2) is 7.28. The Morgan fingerprint density at radius 2 is 2.00 bits per heavy atom. The van der Waals surface area contributed by atoms with Crippen LogP contribution in [0, 0.1) is 16.7 Å². The molecule has 2 aliphatic rings. The van der Waals surface area contributed by atoms with Gasteiger partial charge in [-0.05, 0) is 68.3 Å². The van der Waals surface area contributed by atoms with Crippen molar-refractivity contribution in [2.24, 2.45) is 5.41 Å². The summed E-state index contributed by atoms with van der Waals surface area (Å²) in [6.07, 6.45) is -1.58. The average Bonchev–Trinajstić information content (AvgIpc) is 3.44. The Morgan fingerprint density at radius 3 is 2.58 bits per heavy atom. The van der Waals surface area contributed by atoms with E-state index in [-0.39, 0.29) is 12.6 Å². The Kier molecular flexibility index (Phi) is 5.24. The van der Waals surface area contributed by atoms with E-state index in [0.717, 1.165) is 23.6 Å². The van der Waals surface area contributed by atoms with E-state index in [1.54, 1.807) is 18.2 Å². The molecule has 0 unspecified atom stereocenters. The maximum atomic E-state index is 13.1. The summed E-state index contributed by atoms with van der Waals surface area (Å²) in [5.74, 6) is -1.72. The molecule has 0 radical (unpaired) electrons. The van der Waals surface area contributed by atoms with Gasteiger partial charge in [0.15, 0.2) is 0 Å². The molecule has 1 aromatic rings. The quantitative estimate of drug-likeness (QED) is 0.873. The minimum Gasteiger partial charge on any atom is -0.331 e. The molecule has 7 heteroatoms. The van der Waals surface area contributed by atoms with Crippen LogP contribution in [0.15, 0.2) is 24.3 Å². The molecular formula is C19H22F3N3O. The Labute approximate surface area is 151 Å². The van der Waals surface area contributed by atoms with Gasteiger partial charge in [0.1, 0.15) is 0 Å². The van der Waals surface area contributed by atoms with Crippen LogP contribution in [-0.2, 0) is 11.2 Å². The molecule has 26 heavy (non-hydrogen) atoms. The van der Waals surface area contributed by atoms with E-state index < -0.39 is 17.5 Å². The van der Waals surface area contributed by atoms with Crippen LogP contribution in [0.5, 0.6) is 0 Å². The van der Waals surface area contributed by atoms with Crippen molar-refractivity contribution in [3.63, 3.8) is 0 Å². The summed E-state index contributed by atoms with van der Waals surface area (Å²) in [5.41, 5.74) is 1.07. The molecule has 1 saturated carbocycles. The van der Waals surface area contributed by atoms with Crippen LogP contribution in [0.2, 0.25) is 0 Å². The summed E-state index contributed by atoms with van der Waals surface area (Å²) in [7, 11) is 0. The summed E-state index contributed by atoms with van der Waals surface area (Å²) in [6, 6.07) is 9.00. The zero-order valence-electron chi connectivity index (χ0n) is 14.5. The van der Waals surface area contributed by atoms with Crippen LogP contribution < -0.4 is 5.32 Å². The number of carbonyl (C=O) groups is 1. The number of benzene rings is 1. The fourth-order valence-electron chi connectivity index (χ4n) is 3.81. The zero-order valence-corrected chi connectivity index (χ0v) is 14.5. The van der Waals surface area contributed by atoms with Gasteiger partial charge in [0.25, 0.3) is 0 Å². The topological polar surface area (TPSA) is 56.1 Å². The molecule has 140 valence electrons. The highest BCUT2D eigenvalue weighted by Crippen LogP contribution is 2.39. The fourth-order valence-corrected chi connectivity index (χ4v) is 3.81. The number of rotatable bonds is 5. The molecule has 1 aliphatic carbocycles. The number of nitrogens with zero attached hydrogens (tertiary/aromatic N) is 2. The molecule has 1 amide bonds. The molecule has 1 heterocycles. The SMILES string of the molecule is N#Cc1cccc(CC2(CN(C(=O)C(F)(F)F)C3CC3)CCNCC2)c1. The van der Waals surface area contributed by atoms with Gasteiger partial charge in [-0.2, -0.15) is 18.4 Å². The highest BCUT2D eigenvalue weighted by molar-refractivity contribution is 5.82. The normalized spacial score (nSPS) is 19.6. The van der Waals surface area contributed by atoms with Crippen molar-refractivity contribution < 1.29 is 18.0 Å². The number of hydrogen-bond acceptors (Lipinski definition) is 3. The number of hydrogen-bond donors (Lipinski definition) is 1. The molecule has 0 spiro atoms. The third-order valence-electron chi connectivity index (χ3n) is 5.30. The molecule has 1 aromatic carbocycles. The summed E-state index contributed by atoms with van der Waals surface area (Å²) in [6.45, 7) is 1.56. The van der Waals surface area contributed by atoms with Gasteiger partial charge in [-0.15, -0.1) is 0 Å². The van der Waals surface area contributed by atoms with Crippen molar-refractivity contribution >= 4 is 5.91 Å². The monoisotopic (exact) mass is 365 g/mol. The first-order valence-corrected chi connectivity index (χ1v) is 8.91. The van der Waals surface area contributed by atoms with Gasteiger partial charge < -0.3 is 10.2 Å². The van der Waals surface area contributed by atoms with E-state index >= 15 is 0 Å². The average molecular weight is 365 g/mol. The van der Waals surface area contributed by atoms with Crippen molar-refractivity contribution in [2.45, 2.75) is 44.3 Å². The predicted molar refractivity (Wildman–Crippen MR) is 90.2 cm³/mol. The molecule has 2 fully saturated rings. The van der Waals surface area contributed by atoms with Gasteiger partial charge in [0, 0.05) is 12.6 Å². The van der Waals surface area contributed by atoms with E-state index in [2.05, 4.69) is 11.4 Å². The Morgan fingerprint density at radius 1 is 1.31 bits per heavy atom. The van der Waals surface area contributed by atoms with Crippen molar-refractivity contribution in [3.8, 4) is 6.07 Å². The molecule has 4 nitrogen and oxygen atoms in total. The summed E-state index contributed by atoms with van der Waals surface area (Å²) < 4.78 is 39.2. The number of alkyl halides is 3. The van der Waals surface area contributed by atoms with Gasteiger partial charge >= 0.3 is 12.1 Å². The van der Waals surface area contributed by atoms with Gasteiger partial charge in [-0.3, -0.25) is 4.79 Å². The molecule has 0 aromatic heterocycles. The number of nitrogens with one attached hydrogen (secondary N) is 1. The second-order valence-electron chi connectivity index (χ2n) is 7.40. The first kappa shape index (κ1) is 18.7. The summed E-state index contributed by atoms with van der Waals surface area (Å²) in [4.78, 5) is 13.0. The van der Waals surface area contributed by atoms with Crippen LogP contribution in [0.4, 0.5) is 13.2 Å². The van der Waals surface area contributed by atoms with Gasteiger partial charge in [0.05, 0.1) is 11.6 Å². The summed E-state index contributed by atoms with van der Waals surface area (Å²) >= 11 is 0. The van der Waals surface area contributed by atoms with Crippen molar-refractivity contribution in [2.75, 3.05) is 19.6 Å². The molecule has 3 rings (SSSR count). The van der Waals surface area contributed by atoms with Crippen molar-refractivity contribution in [3.05, 3.63) is 35.4 Å². The number of piperidine rings is 1. The molecule has 0 atom stereocenters. The Bertz CT molecular complexity index is 701. The van der Waals surface area contributed by atoms with E-state index in [1.165, 1.54) is 0 Å². The largest absolute Gasteiger partial charge is 0.471 e. The third kappa shape index (κ3) is 4.36. The highest BCUT2D eigenvalue weighted by Gasteiger charge is 2.49. The van der Waals surface area contributed by atoms with E-state index in [9.17, 15) is 18.0 Å². The fraction of sp³-hybridized carbons (Fsp3) is 0.579. The van der Waals surface area contributed by atoms with E-state index in [4.69, 9.17) is 5.26 Å². The third-order valence-corrected chi connectivity index (χ3v) is 5.30. The highest BCUT2D eigenvalue weighted by atomic mass is 19.4. The Balaban J connectivity index is 1.84. The van der Waals surface area contributed by atoms with Gasteiger partial charge in [0.2, 0.25) is 0 Å². The number of amides is 1. The maximum absolute atomic E-state index is 13.1. The van der Waals surface area contributed by atoms with E-state index in [0.29, 0.717) is 37.7 Å². The van der Waals surface area contributed by atoms with Crippen LogP contribution >= 0.6 is 0 Å². The molecule has 1 aliphatic heterocycles. The zero-order chi connectivity index (χ0) is 18.8. The maximum Gasteiger partial charge on any atom is 0.471 e. The van der Waals surface area contributed by atoms with Gasteiger partial charge in [-0.25, -0.2) is 0 Å². The van der Waals surface area contributed by atoms with Crippen LogP contribution in [-0.4, -0.2) is 42.7 Å². The molecule has 1 saturated heterocycles. The standard InChI is InChI=1S/C19H22F3N3O/c20-19(21,22)17(26)25(16-4-5-16)13-18(6-8-24-9-7-18)11-14-2-1-3-15(10-14)12-23/h1-3,10,16,24H,4-9,11,13H2. The van der Waals surface area contributed by atoms with Gasteiger partial charge in [-0.1, -0.05) is 12.1 Å². The lowest BCUT2D eigenvalue weighted by atomic mass is 9.73. The Hall–Kier alpha value is -2.07. The van der Waals surface area contributed by atoms with Crippen LogP contribution in [0.3, 0.4) is 0 Å². The van der Waals surface area contributed by atoms with Crippen LogP contribution in [0.1, 0.15) is 36.8 Å². The lowest BCUT2D eigenvalue weighted by molar-refractivity contribution is -0.188. The smallest absolute Gasteiger partial charge is 0.331 e. The van der Waals surface area contributed by atoms with Crippen LogP contribution in [0.25, 0.3) is 0 Å². The summed E-state index contributed by atoms with van der Waals surface area (Å²) in [5, 5.41) is 12.3. The lowest BCUT2D eigenvalue weighted by Crippen LogP contribution is -2.51. The number of carbonyl (C=O) groups excluding carboxylic acids is 1. The minimum absolute atomic E-state index is 0.120. The molecular weight excluding hydrogens is 343 g/mol. The molecule has 0 bridgehead atoms. The van der Waals surface area contributed by atoms with Crippen molar-refractivity contribution in [1.82, 2.24) is 10.2 Å². The number of nitriles is 1. The minimum atomic E-state index is -4.84. The first-order chi connectivity index (χ1) is 12.3.